The van der Waals surface area contributed by atoms with E-state index in [4.69, 9.17) is 0 Å². The lowest BCUT2D eigenvalue weighted by atomic mass is 10.2. The molecular formula is C10H20. The molecule has 0 unspecified atom stereocenters. The molecule has 0 rings (SSSR count). The van der Waals surface area contributed by atoms with Crippen LogP contribution in [0.25, 0.3) is 0 Å². The van der Waals surface area contributed by atoms with Gasteiger partial charge in [-0.1, -0.05) is 52.0 Å². The zero-order chi connectivity index (χ0) is 8.41. The fraction of sp³-hybridized carbons (Fsp3) is 0.600. The van der Waals surface area contributed by atoms with Crippen LogP contribution >= 0.6 is 0 Å². The van der Waals surface area contributed by atoms with Crippen LogP contribution in [0.2, 0.25) is 0 Å². The highest BCUT2D eigenvalue weighted by atomic mass is 13.8. The van der Waals surface area contributed by atoms with Crippen LogP contribution in [0.15, 0.2) is 24.3 Å². The van der Waals surface area contributed by atoms with Crippen molar-refractivity contribution < 1.29 is 0 Å². The van der Waals surface area contributed by atoms with Gasteiger partial charge in [0.25, 0.3) is 0 Å². The van der Waals surface area contributed by atoms with Gasteiger partial charge in [-0.3, -0.25) is 0 Å². The van der Waals surface area contributed by atoms with Gasteiger partial charge < -0.3 is 0 Å². The molecule has 0 N–H and O–H groups in total. The Labute approximate surface area is 65.7 Å². The van der Waals surface area contributed by atoms with E-state index in [1.807, 2.05) is 13.8 Å². The molecule has 0 fully saturated rings. The quantitative estimate of drug-likeness (QED) is 0.521. The maximum atomic E-state index is 3.82. The highest BCUT2D eigenvalue weighted by Gasteiger charge is 1.76. The molecule has 0 heteroatoms. The van der Waals surface area contributed by atoms with Crippen molar-refractivity contribution in [3.63, 3.8) is 0 Å². The number of rotatable bonds is 3. The van der Waals surface area contributed by atoms with E-state index in [-0.39, 0.29) is 0 Å². The molecule has 0 atom stereocenters. The average Bonchev–Trinajstić information content (AvgIpc) is 2.04. The van der Waals surface area contributed by atoms with Crippen LogP contribution in [0.4, 0.5) is 0 Å². The molecule has 0 radical (unpaired) electrons. The van der Waals surface area contributed by atoms with Gasteiger partial charge in [0.2, 0.25) is 0 Å². The molecule has 0 aromatic rings. The van der Waals surface area contributed by atoms with Crippen molar-refractivity contribution in [2.24, 2.45) is 0 Å². The van der Waals surface area contributed by atoms with E-state index in [1.54, 1.807) is 0 Å². The smallest absolute Gasteiger partial charge is 0.0313 e. The maximum absolute atomic E-state index is 3.82. The monoisotopic (exact) mass is 140 g/mol. The molecule has 0 aliphatic heterocycles. The molecule has 10 heavy (non-hydrogen) atoms. The molecule has 60 valence electrons. The third kappa shape index (κ3) is 10.5. The van der Waals surface area contributed by atoms with Gasteiger partial charge in [0, 0.05) is 0 Å². The molecule has 0 bridgehead atoms. The highest BCUT2D eigenvalue weighted by molar-refractivity contribution is 5.12. The Morgan fingerprint density at radius 3 is 2.10 bits per heavy atom. The molecule has 0 aromatic carbocycles. The van der Waals surface area contributed by atoms with Crippen LogP contribution in [0.3, 0.4) is 0 Å². The third-order valence-electron chi connectivity index (χ3n) is 1.04. The minimum atomic E-state index is 1.07. The topological polar surface area (TPSA) is 0 Å². The summed E-state index contributed by atoms with van der Waals surface area (Å²) in [6.45, 7) is 12.1. The van der Waals surface area contributed by atoms with E-state index in [0.717, 1.165) is 12.8 Å². The van der Waals surface area contributed by atoms with Crippen LogP contribution in [0, 0.1) is 0 Å². The lowest BCUT2D eigenvalue weighted by Gasteiger charge is -1.87. The first kappa shape index (κ1) is 12.2. The average molecular weight is 140 g/mol. The Bertz CT molecular complexity index is 88.2. The van der Waals surface area contributed by atoms with E-state index in [2.05, 4.69) is 32.6 Å². The lowest BCUT2D eigenvalue weighted by Crippen LogP contribution is -1.66. The summed E-state index contributed by atoms with van der Waals surface area (Å²) in [5.74, 6) is 0. The predicted molar refractivity (Wildman–Crippen MR) is 50.2 cm³/mol. The molecule has 0 aromatic heterocycles. The van der Waals surface area contributed by atoms with Gasteiger partial charge >= 0.3 is 0 Å². The Hall–Kier alpha value is -0.520. The summed E-state index contributed by atoms with van der Waals surface area (Å²) < 4.78 is 0. The van der Waals surface area contributed by atoms with Crippen LogP contribution in [-0.2, 0) is 0 Å². The fourth-order valence-electron chi connectivity index (χ4n) is 0.402. The Balaban J connectivity index is 0. The van der Waals surface area contributed by atoms with Gasteiger partial charge in [-0.05, 0) is 12.8 Å². The van der Waals surface area contributed by atoms with Crippen LogP contribution < -0.4 is 0 Å². The molecule has 0 amide bonds. The van der Waals surface area contributed by atoms with E-state index in [1.165, 1.54) is 5.57 Å². The summed E-state index contributed by atoms with van der Waals surface area (Å²) in [7, 11) is 0. The van der Waals surface area contributed by atoms with Crippen molar-refractivity contribution >= 4 is 0 Å². The maximum Gasteiger partial charge on any atom is -0.0313 e. The Morgan fingerprint density at radius 1 is 1.30 bits per heavy atom. The fourth-order valence-corrected chi connectivity index (χ4v) is 0.402. The summed E-state index contributed by atoms with van der Waals surface area (Å²) >= 11 is 0. The SMILES string of the molecule is C=C(/C=C\CC)CC.CC. The van der Waals surface area contributed by atoms with E-state index < -0.39 is 0 Å². The standard InChI is InChI=1S/C8H14.C2H6/c1-4-6-7-8(3)5-2;1-2/h6-7H,3-5H2,1-2H3;1-2H3/b7-6-;. The first-order valence-electron chi connectivity index (χ1n) is 4.15. The lowest BCUT2D eigenvalue weighted by molar-refractivity contribution is 1.14. The molecule has 0 spiro atoms. The number of hydrogen-bond donors (Lipinski definition) is 0. The third-order valence-corrected chi connectivity index (χ3v) is 1.04. The molecule has 0 nitrogen and oxygen atoms in total. The van der Waals surface area contributed by atoms with E-state index >= 15 is 0 Å². The predicted octanol–water partition coefficient (Wildman–Crippen LogP) is 3.95. The van der Waals surface area contributed by atoms with Crippen molar-refractivity contribution in [3.05, 3.63) is 24.3 Å². The van der Waals surface area contributed by atoms with Crippen LogP contribution in [0.1, 0.15) is 40.5 Å². The molecule has 0 saturated carbocycles. The van der Waals surface area contributed by atoms with Gasteiger partial charge in [-0.2, -0.15) is 0 Å². The molecule has 0 aliphatic rings. The Kier molecular flexibility index (Phi) is 13.8. The molecular weight excluding hydrogens is 120 g/mol. The van der Waals surface area contributed by atoms with Gasteiger partial charge in [0.15, 0.2) is 0 Å². The first-order valence-corrected chi connectivity index (χ1v) is 4.15. The van der Waals surface area contributed by atoms with Gasteiger partial charge in [0.05, 0.1) is 0 Å². The zero-order valence-corrected chi connectivity index (χ0v) is 7.78. The summed E-state index contributed by atoms with van der Waals surface area (Å²) in [5.41, 5.74) is 1.21. The van der Waals surface area contributed by atoms with Gasteiger partial charge in [0.1, 0.15) is 0 Å². The van der Waals surface area contributed by atoms with Crippen molar-refractivity contribution in [2.45, 2.75) is 40.5 Å². The molecule has 0 saturated heterocycles. The molecule has 0 heterocycles. The summed E-state index contributed by atoms with van der Waals surface area (Å²) in [6.07, 6.45) is 6.39. The van der Waals surface area contributed by atoms with Crippen molar-refractivity contribution in [1.29, 1.82) is 0 Å². The second kappa shape index (κ2) is 11.3. The number of hydrogen-bond acceptors (Lipinski definition) is 0. The second-order valence-corrected chi connectivity index (χ2v) is 1.82. The minimum Gasteiger partial charge on any atom is -0.0959 e. The highest BCUT2D eigenvalue weighted by Crippen LogP contribution is 1.97. The normalized spacial score (nSPS) is 8.80. The Morgan fingerprint density at radius 2 is 1.80 bits per heavy atom. The van der Waals surface area contributed by atoms with Crippen molar-refractivity contribution in [1.82, 2.24) is 0 Å². The zero-order valence-electron chi connectivity index (χ0n) is 7.78. The number of allylic oxidation sites excluding steroid dienone is 3. The van der Waals surface area contributed by atoms with Crippen LogP contribution in [0.5, 0.6) is 0 Å². The second-order valence-electron chi connectivity index (χ2n) is 1.82. The van der Waals surface area contributed by atoms with E-state index in [0.29, 0.717) is 0 Å². The first-order chi connectivity index (χ1) is 4.81. The minimum absolute atomic E-state index is 1.07. The van der Waals surface area contributed by atoms with Gasteiger partial charge in [-0.15, -0.1) is 0 Å². The largest absolute Gasteiger partial charge is 0.0959 e. The van der Waals surface area contributed by atoms with E-state index in [9.17, 15) is 0 Å². The summed E-state index contributed by atoms with van der Waals surface area (Å²) in [4.78, 5) is 0. The van der Waals surface area contributed by atoms with Crippen molar-refractivity contribution in [3.8, 4) is 0 Å². The summed E-state index contributed by atoms with van der Waals surface area (Å²) in [6, 6.07) is 0. The molecule has 0 aliphatic carbocycles. The summed E-state index contributed by atoms with van der Waals surface area (Å²) in [5, 5.41) is 0. The van der Waals surface area contributed by atoms with Gasteiger partial charge in [-0.25, -0.2) is 0 Å². The van der Waals surface area contributed by atoms with Crippen molar-refractivity contribution in [2.75, 3.05) is 0 Å². The van der Waals surface area contributed by atoms with Crippen LogP contribution in [-0.4, -0.2) is 0 Å².